The van der Waals surface area contributed by atoms with Crippen LogP contribution >= 0.6 is 0 Å². The smallest absolute Gasteiger partial charge is 0.378 e. The highest BCUT2D eigenvalue weighted by Gasteiger charge is 2.42. The number of halogens is 3. The number of morpholine rings is 1. The number of benzene rings is 1. The Hall–Kier alpha value is -2.09. The average Bonchev–Trinajstić information content (AvgIpc) is 3.58. The van der Waals surface area contributed by atoms with Crippen molar-refractivity contribution >= 4 is 11.8 Å². The Morgan fingerprint density at radius 2 is 1.66 bits per heavy atom. The second-order valence-corrected chi connectivity index (χ2v) is 8.12. The van der Waals surface area contributed by atoms with Crippen LogP contribution in [0.15, 0.2) is 24.3 Å². The quantitative estimate of drug-likeness (QED) is 0.769. The highest BCUT2D eigenvalue weighted by atomic mass is 19.4. The van der Waals surface area contributed by atoms with Gasteiger partial charge in [0.05, 0.1) is 30.7 Å². The molecule has 1 aliphatic carbocycles. The first-order chi connectivity index (χ1) is 13.8. The predicted molar refractivity (Wildman–Crippen MR) is 98.7 cm³/mol. The zero-order valence-corrected chi connectivity index (χ0v) is 16.2. The predicted octanol–water partition coefficient (Wildman–Crippen LogP) is 3.25. The van der Waals surface area contributed by atoms with Crippen molar-refractivity contribution in [2.24, 2.45) is 11.8 Å². The van der Waals surface area contributed by atoms with Crippen LogP contribution in [0, 0.1) is 11.8 Å². The van der Waals surface area contributed by atoms with Gasteiger partial charge in [0.2, 0.25) is 11.8 Å². The molecule has 158 valence electrons. The molecule has 4 rings (SSSR count). The molecule has 2 heterocycles. The summed E-state index contributed by atoms with van der Waals surface area (Å²) in [6.07, 6.45) is -1.75. The molecule has 29 heavy (non-hydrogen) atoms. The summed E-state index contributed by atoms with van der Waals surface area (Å²) >= 11 is 0. The number of alkyl halides is 3. The van der Waals surface area contributed by atoms with E-state index in [0.29, 0.717) is 44.7 Å². The summed E-state index contributed by atoms with van der Waals surface area (Å²) in [4.78, 5) is 29.3. The van der Waals surface area contributed by atoms with Crippen LogP contribution in [0.2, 0.25) is 0 Å². The molecular weight excluding hydrogens is 385 g/mol. The van der Waals surface area contributed by atoms with E-state index in [0.717, 1.165) is 25.0 Å². The minimum absolute atomic E-state index is 0.0180. The maximum Gasteiger partial charge on any atom is 0.416 e. The zero-order chi connectivity index (χ0) is 20.6. The topological polar surface area (TPSA) is 49.9 Å². The fraction of sp³-hybridized carbons (Fsp3) is 0.619. The van der Waals surface area contributed by atoms with Crippen molar-refractivity contribution in [3.05, 3.63) is 35.4 Å². The first kappa shape index (κ1) is 20.2. The fourth-order valence-corrected chi connectivity index (χ4v) is 4.29. The van der Waals surface area contributed by atoms with Crippen molar-refractivity contribution in [2.75, 3.05) is 32.8 Å². The number of rotatable bonds is 3. The second kappa shape index (κ2) is 7.97. The van der Waals surface area contributed by atoms with Gasteiger partial charge in [0.15, 0.2) is 0 Å². The van der Waals surface area contributed by atoms with Gasteiger partial charge in [-0.25, -0.2) is 0 Å². The Bertz CT molecular complexity index is 773. The van der Waals surface area contributed by atoms with Crippen LogP contribution in [0.4, 0.5) is 13.2 Å². The van der Waals surface area contributed by atoms with Crippen LogP contribution < -0.4 is 0 Å². The van der Waals surface area contributed by atoms with Crippen LogP contribution in [0.25, 0.3) is 0 Å². The molecule has 1 aromatic carbocycles. The molecule has 0 unspecified atom stereocenters. The van der Waals surface area contributed by atoms with Gasteiger partial charge in [0.1, 0.15) is 0 Å². The Kier molecular flexibility index (Phi) is 5.55. The molecule has 0 radical (unpaired) electrons. The van der Waals surface area contributed by atoms with Gasteiger partial charge < -0.3 is 14.5 Å². The summed E-state index contributed by atoms with van der Waals surface area (Å²) in [6.45, 7) is 2.38. The first-order valence-corrected chi connectivity index (χ1v) is 10.2. The number of carbonyl (C=O) groups excluding carboxylic acids is 2. The van der Waals surface area contributed by atoms with E-state index in [1.807, 2.05) is 0 Å². The summed E-state index contributed by atoms with van der Waals surface area (Å²) in [5.74, 6) is -0.380. The van der Waals surface area contributed by atoms with Crippen molar-refractivity contribution in [3.63, 3.8) is 0 Å². The van der Waals surface area contributed by atoms with E-state index in [4.69, 9.17) is 4.74 Å². The molecule has 0 N–H and O–H groups in total. The lowest BCUT2D eigenvalue weighted by Crippen LogP contribution is -2.50. The molecule has 2 saturated heterocycles. The number of likely N-dealkylation sites (tertiary alicyclic amines) is 1. The fourth-order valence-electron chi connectivity index (χ4n) is 4.29. The van der Waals surface area contributed by atoms with Crippen LogP contribution in [0.5, 0.6) is 0 Å². The summed E-state index contributed by atoms with van der Waals surface area (Å²) in [7, 11) is 0. The Balaban J connectivity index is 1.55. The number of hydrogen-bond donors (Lipinski definition) is 0. The summed E-state index contributed by atoms with van der Waals surface area (Å²) in [5, 5.41) is 0. The minimum atomic E-state index is -4.43. The summed E-state index contributed by atoms with van der Waals surface area (Å²) in [5.41, 5.74) is -0.216. The lowest BCUT2D eigenvalue weighted by atomic mass is 9.87. The molecule has 2 aliphatic heterocycles. The number of amides is 2. The lowest BCUT2D eigenvalue weighted by Gasteiger charge is -2.41. The van der Waals surface area contributed by atoms with E-state index in [9.17, 15) is 22.8 Å². The first-order valence-electron chi connectivity index (χ1n) is 10.2. The average molecular weight is 410 g/mol. The van der Waals surface area contributed by atoms with Gasteiger partial charge in [0, 0.05) is 25.6 Å². The zero-order valence-electron chi connectivity index (χ0n) is 16.2. The SMILES string of the molecule is O=C([C@@H]1CC[C@H](c2cccc(C(F)(F)F)c2)N(C(=O)C2CC2)C1)N1CCOCC1. The van der Waals surface area contributed by atoms with E-state index in [1.165, 1.54) is 6.07 Å². The number of hydrogen-bond acceptors (Lipinski definition) is 3. The lowest BCUT2D eigenvalue weighted by molar-refractivity contribution is -0.146. The summed E-state index contributed by atoms with van der Waals surface area (Å²) < 4.78 is 44.8. The molecule has 2 amide bonds. The van der Waals surface area contributed by atoms with Gasteiger partial charge in [-0.15, -0.1) is 0 Å². The molecule has 5 nitrogen and oxygen atoms in total. The Morgan fingerprint density at radius 1 is 0.966 bits per heavy atom. The standard InChI is InChI=1S/C21H25F3N2O3/c22-21(23,24)17-3-1-2-15(12-17)18-7-6-16(13-26(18)20(28)14-4-5-14)19(27)25-8-10-29-11-9-25/h1-3,12,14,16,18H,4-11,13H2/t16-,18-/m1/s1. The number of piperidine rings is 1. The molecular formula is C21H25F3N2O3. The van der Waals surface area contributed by atoms with Crippen LogP contribution in [-0.2, 0) is 20.5 Å². The van der Waals surface area contributed by atoms with Crippen LogP contribution in [0.1, 0.15) is 42.9 Å². The monoisotopic (exact) mass is 410 g/mol. The molecule has 0 bridgehead atoms. The highest BCUT2D eigenvalue weighted by molar-refractivity contribution is 5.84. The minimum Gasteiger partial charge on any atom is -0.378 e. The van der Waals surface area contributed by atoms with Crippen molar-refractivity contribution in [1.29, 1.82) is 0 Å². The third-order valence-corrected chi connectivity index (χ3v) is 6.06. The van der Waals surface area contributed by atoms with Crippen molar-refractivity contribution in [3.8, 4) is 0 Å². The number of ether oxygens (including phenoxy) is 1. The van der Waals surface area contributed by atoms with Crippen LogP contribution in [0.3, 0.4) is 0 Å². The van der Waals surface area contributed by atoms with E-state index in [2.05, 4.69) is 0 Å². The van der Waals surface area contributed by atoms with Gasteiger partial charge in [0.25, 0.3) is 0 Å². The number of carbonyl (C=O) groups is 2. The van der Waals surface area contributed by atoms with Gasteiger partial charge in [-0.2, -0.15) is 13.2 Å². The third kappa shape index (κ3) is 4.42. The van der Waals surface area contributed by atoms with Crippen molar-refractivity contribution in [2.45, 2.75) is 37.9 Å². The van der Waals surface area contributed by atoms with E-state index in [1.54, 1.807) is 15.9 Å². The van der Waals surface area contributed by atoms with E-state index >= 15 is 0 Å². The van der Waals surface area contributed by atoms with E-state index < -0.39 is 17.8 Å². The van der Waals surface area contributed by atoms with Gasteiger partial charge >= 0.3 is 6.18 Å². The number of nitrogens with zero attached hydrogens (tertiary/aromatic N) is 2. The molecule has 0 aromatic heterocycles. The maximum absolute atomic E-state index is 13.2. The Labute approximate surface area is 167 Å². The molecule has 3 fully saturated rings. The Morgan fingerprint density at radius 3 is 2.31 bits per heavy atom. The third-order valence-electron chi connectivity index (χ3n) is 6.06. The van der Waals surface area contributed by atoms with Gasteiger partial charge in [-0.1, -0.05) is 12.1 Å². The normalized spacial score (nSPS) is 25.8. The molecule has 1 saturated carbocycles. The summed E-state index contributed by atoms with van der Waals surface area (Å²) in [6, 6.07) is 4.81. The van der Waals surface area contributed by atoms with E-state index in [-0.39, 0.29) is 30.2 Å². The molecule has 1 aromatic rings. The molecule has 3 aliphatic rings. The second-order valence-electron chi connectivity index (χ2n) is 8.12. The highest BCUT2D eigenvalue weighted by Crippen LogP contribution is 2.41. The molecule has 8 heteroatoms. The van der Waals surface area contributed by atoms with Crippen LogP contribution in [-0.4, -0.2) is 54.5 Å². The largest absolute Gasteiger partial charge is 0.416 e. The van der Waals surface area contributed by atoms with Crippen molar-refractivity contribution < 1.29 is 27.5 Å². The van der Waals surface area contributed by atoms with Gasteiger partial charge in [-0.05, 0) is 43.4 Å². The molecule has 0 spiro atoms. The van der Waals surface area contributed by atoms with Gasteiger partial charge in [-0.3, -0.25) is 9.59 Å². The molecule has 2 atom stereocenters. The van der Waals surface area contributed by atoms with Crippen molar-refractivity contribution in [1.82, 2.24) is 9.80 Å². The maximum atomic E-state index is 13.2.